The van der Waals surface area contributed by atoms with Crippen LogP contribution in [0.15, 0.2) is 0 Å². The highest BCUT2D eigenvalue weighted by Gasteiger charge is 2.02. The van der Waals surface area contributed by atoms with E-state index in [9.17, 15) is 4.79 Å². The zero-order valence-corrected chi connectivity index (χ0v) is 9.80. The Morgan fingerprint density at radius 3 is 2.36 bits per heavy atom. The monoisotopic (exact) mass is 201 g/mol. The zero-order valence-electron chi connectivity index (χ0n) is 9.80. The van der Waals surface area contributed by atoms with Gasteiger partial charge in [-0.1, -0.05) is 0 Å². The van der Waals surface area contributed by atoms with Crippen LogP contribution in [0.4, 0.5) is 0 Å². The minimum atomic E-state index is 0.143. The maximum absolute atomic E-state index is 11.2. The quantitative estimate of drug-likeness (QED) is 0.641. The second kappa shape index (κ2) is 7.80. The molecule has 0 radical (unpaired) electrons. The van der Waals surface area contributed by atoms with Gasteiger partial charge in [0.1, 0.15) is 0 Å². The Hall–Kier alpha value is -0.570. The highest BCUT2D eigenvalue weighted by Crippen LogP contribution is 1.98. The number of unbranched alkanes of at least 4 members (excludes halogenated alkanes) is 1. The molecule has 0 aliphatic carbocycles. The maximum Gasteiger partial charge on any atom is 0.220 e. The van der Waals surface area contributed by atoms with Crippen molar-refractivity contribution in [2.75, 3.05) is 6.61 Å². The van der Waals surface area contributed by atoms with Crippen LogP contribution in [0.3, 0.4) is 0 Å². The number of rotatable bonds is 7. The van der Waals surface area contributed by atoms with Crippen LogP contribution in [-0.4, -0.2) is 24.7 Å². The first-order valence-electron chi connectivity index (χ1n) is 5.43. The van der Waals surface area contributed by atoms with Crippen molar-refractivity contribution in [3.8, 4) is 0 Å². The molecule has 0 unspecified atom stereocenters. The molecule has 0 aliphatic rings. The molecule has 84 valence electrons. The minimum absolute atomic E-state index is 0.143. The summed E-state index contributed by atoms with van der Waals surface area (Å²) in [5, 5.41) is 2.86. The highest BCUT2D eigenvalue weighted by molar-refractivity contribution is 5.76. The number of ether oxygens (including phenoxy) is 1. The van der Waals surface area contributed by atoms with Crippen LogP contribution in [-0.2, 0) is 9.53 Å². The first-order valence-corrected chi connectivity index (χ1v) is 5.43. The summed E-state index contributed by atoms with van der Waals surface area (Å²) in [6.07, 6.45) is 2.77. The molecule has 0 saturated carbocycles. The van der Waals surface area contributed by atoms with E-state index in [2.05, 4.69) is 5.32 Å². The first kappa shape index (κ1) is 13.4. The van der Waals surface area contributed by atoms with Gasteiger partial charge in [0.25, 0.3) is 0 Å². The van der Waals surface area contributed by atoms with Gasteiger partial charge in [0.2, 0.25) is 5.91 Å². The van der Waals surface area contributed by atoms with E-state index in [-0.39, 0.29) is 11.9 Å². The van der Waals surface area contributed by atoms with E-state index in [0.717, 1.165) is 19.4 Å². The Morgan fingerprint density at radius 2 is 1.86 bits per heavy atom. The third-order valence-corrected chi connectivity index (χ3v) is 1.70. The molecule has 0 aromatic carbocycles. The lowest BCUT2D eigenvalue weighted by atomic mass is 10.2. The number of carbonyl (C=O) groups excluding carboxylic acids is 1. The van der Waals surface area contributed by atoms with Crippen LogP contribution in [0, 0.1) is 0 Å². The third-order valence-electron chi connectivity index (χ3n) is 1.70. The normalized spacial score (nSPS) is 11.0. The Bertz CT molecular complexity index is 155. The molecule has 0 fully saturated rings. The van der Waals surface area contributed by atoms with Gasteiger partial charge in [-0.05, 0) is 40.5 Å². The Labute approximate surface area is 87.2 Å². The van der Waals surface area contributed by atoms with Gasteiger partial charge in [-0.25, -0.2) is 0 Å². The second-order valence-electron chi connectivity index (χ2n) is 4.10. The fourth-order valence-corrected chi connectivity index (χ4v) is 1.10. The first-order chi connectivity index (χ1) is 6.52. The van der Waals surface area contributed by atoms with Gasteiger partial charge in [-0.2, -0.15) is 0 Å². The molecule has 0 rings (SSSR count). The van der Waals surface area contributed by atoms with E-state index >= 15 is 0 Å². The van der Waals surface area contributed by atoms with Crippen LogP contribution in [0.25, 0.3) is 0 Å². The number of hydrogen-bond donors (Lipinski definition) is 1. The molecule has 0 heterocycles. The van der Waals surface area contributed by atoms with Crippen molar-refractivity contribution in [2.24, 2.45) is 0 Å². The van der Waals surface area contributed by atoms with Gasteiger partial charge in [0.15, 0.2) is 0 Å². The maximum atomic E-state index is 11.2. The molecule has 1 amide bonds. The minimum Gasteiger partial charge on any atom is -0.379 e. The molecule has 0 aliphatic heterocycles. The molecule has 0 atom stereocenters. The molecule has 14 heavy (non-hydrogen) atoms. The molecule has 0 bridgehead atoms. The van der Waals surface area contributed by atoms with Crippen molar-refractivity contribution >= 4 is 5.91 Å². The van der Waals surface area contributed by atoms with E-state index < -0.39 is 0 Å². The molecule has 3 heteroatoms. The number of hydrogen-bond acceptors (Lipinski definition) is 2. The molecule has 1 N–H and O–H groups in total. The van der Waals surface area contributed by atoms with Crippen LogP contribution < -0.4 is 5.32 Å². The third kappa shape index (κ3) is 9.52. The van der Waals surface area contributed by atoms with Gasteiger partial charge < -0.3 is 10.1 Å². The van der Waals surface area contributed by atoms with Crippen molar-refractivity contribution in [2.45, 2.75) is 59.1 Å². The average Bonchev–Trinajstić information content (AvgIpc) is 2.01. The van der Waals surface area contributed by atoms with Gasteiger partial charge in [-0.15, -0.1) is 0 Å². The van der Waals surface area contributed by atoms with E-state index in [0.29, 0.717) is 12.5 Å². The van der Waals surface area contributed by atoms with Gasteiger partial charge in [0, 0.05) is 19.1 Å². The van der Waals surface area contributed by atoms with Crippen LogP contribution >= 0.6 is 0 Å². The molecular weight excluding hydrogens is 178 g/mol. The average molecular weight is 201 g/mol. The van der Waals surface area contributed by atoms with Crippen molar-refractivity contribution in [1.29, 1.82) is 0 Å². The molecular formula is C11H23NO2. The summed E-state index contributed by atoms with van der Waals surface area (Å²) >= 11 is 0. The van der Waals surface area contributed by atoms with Crippen LogP contribution in [0.5, 0.6) is 0 Å². The molecule has 0 saturated heterocycles. The zero-order chi connectivity index (χ0) is 11.0. The predicted octanol–water partition coefficient (Wildman–Crippen LogP) is 2.11. The lowest BCUT2D eigenvalue weighted by Gasteiger charge is -2.09. The molecule has 3 nitrogen and oxygen atoms in total. The lowest BCUT2D eigenvalue weighted by molar-refractivity contribution is -0.121. The SMILES string of the molecule is CC(C)NC(=O)CCCCOC(C)C. The topological polar surface area (TPSA) is 38.3 Å². The fraction of sp³-hybridized carbons (Fsp3) is 0.909. The van der Waals surface area contributed by atoms with Crippen molar-refractivity contribution in [1.82, 2.24) is 5.32 Å². The Balaban J connectivity index is 3.23. The van der Waals surface area contributed by atoms with Gasteiger partial charge in [0.05, 0.1) is 6.10 Å². The van der Waals surface area contributed by atoms with E-state index in [4.69, 9.17) is 4.74 Å². The Kier molecular flexibility index (Phi) is 7.48. The van der Waals surface area contributed by atoms with E-state index in [1.807, 2.05) is 27.7 Å². The predicted molar refractivity (Wildman–Crippen MR) is 58.2 cm³/mol. The smallest absolute Gasteiger partial charge is 0.220 e. The van der Waals surface area contributed by atoms with Crippen molar-refractivity contribution in [3.63, 3.8) is 0 Å². The van der Waals surface area contributed by atoms with Crippen LogP contribution in [0.1, 0.15) is 47.0 Å². The fourth-order valence-electron chi connectivity index (χ4n) is 1.10. The summed E-state index contributed by atoms with van der Waals surface area (Å²) in [6.45, 7) is 8.74. The summed E-state index contributed by atoms with van der Waals surface area (Å²) in [6, 6.07) is 0.245. The second-order valence-corrected chi connectivity index (χ2v) is 4.10. The van der Waals surface area contributed by atoms with Gasteiger partial charge >= 0.3 is 0 Å². The van der Waals surface area contributed by atoms with Crippen molar-refractivity contribution < 1.29 is 9.53 Å². The summed E-state index contributed by atoms with van der Waals surface area (Å²) in [4.78, 5) is 11.2. The molecule has 0 spiro atoms. The Morgan fingerprint density at radius 1 is 1.21 bits per heavy atom. The lowest BCUT2D eigenvalue weighted by Crippen LogP contribution is -2.29. The largest absolute Gasteiger partial charge is 0.379 e. The summed E-state index contributed by atoms with van der Waals surface area (Å²) < 4.78 is 5.37. The number of amides is 1. The molecule has 0 aromatic heterocycles. The van der Waals surface area contributed by atoms with Gasteiger partial charge in [-0.3, -0.25) is 4.79 Å². The molecule has 0 aromatic rings. The number of nitrogens with one attached hydrogen (secondary N) is 1. The van der Waals surface area contributed by atoms with E-state index in [1.165, 1.54) is 0 Å². The van der Waals surface area contributed by atoms with E-state index in [1.54, 1.807) is 0 Å². The summed E-state index contributed by atoms with van der Waals surface area (Å²) in [5.41, 5.74) is 0. The van der Waals surface area contributed by atoms with Crippen molar-refractivity contribution in [3.05, 3.63) is 0 Å². The standard InChI is InChI=1S/C11H23NO2/c1-9(2)12-11(13)7-5-6-8-14-10(3)4/h9-10H,5-8H2,1-4H3,(H,12,13). The highest BCUT2D eigenvalue weighted by atomic mass is 16.5. The van der Waals surface area contributed by atoms with Crippen LogP contribution in [0.2, 0.25) is 0 Å². The number of carbonyl (C=O) groups is 1. The summed E-state index contributed by atoms with van der Waals surface area (Å²) in [5.74, 6) is 0.143. The summed E-state index contributed by atoms with van der Waals surface area (Å²) in [7, 11) is 0.